The van der Waals surface area contributed by atoms with Crippen molar-refractivity contribution in [3.8, 4) is 5.69 Å². The normalized spacial score (nSPS) is 18.5. The molecule has 3 rings (SSSR count). The van der Waals surface area contributed by atoms with Gasteiger partial charge in [0.1, 0.15) is 0 Å². The molecule has 0 radical (unpaired) electrons. The van der Waals surface area contributed by atoms with Crippen molar-refractivity contribution in [2.75, 3.05) is 24.6 Å². The van der Waals surface area contributed by atoms with Gasteiger partial charge in [0.2, 0.25) is 0 Å². The van der Waals surface area contributed by atoms with E-state index in [0.29, 0.717) is 41.2 Å². The maximum Gasteiger partial charge on any atom is 0.170 e. The van der Waals surface area contributed by atoms with Crippen molar-refractivity contribution in [3.63, 3.8) is 0 Å². The molecule has 0 aliphatic carbocycles. The second-order valence-electron chi connectivity index (χ2n) is 5.03. The fourth-order valence-electron chi connectivity index (χ4n) is 2.23. The van der Waals surface area contributed by atoms with E-state index in [2.05, 4.69) is 15.5 Å². The zero-order valence-corrected chi connectivity index (χ0v) is 13.8. The van der Waals surface area contributed by atoms with Gasteiger partial charge in [-0.3, -0.25) is 4.90 Å². The molecule has 0 bridgehead atoms. The van der Waals surface area contributed by atoms with E-state index in [-0.39, 0.29) is 11.5 Å². The van der Waals surface area contributed by atoms with E-state index >= 15 is 0 Å². The maximum atomic E-state index is 11.5. The predicted molar refractivity (Wildman–Crippen MR) is 83.1 cm³/mol. The van der Waals surface area contributed by atoms with Crippen LogP contribution in [0.3, 0.4) is 0 Å². The minimum absolute atomic E-state index is 0.168. The van der Waals surface area contributed by atoms with Crippen molar-refractivity contribution >= 4 is 33.0 Å². The Bertz CT molecular complexity index is 779. The number of halogens is 2. The number of rotatable bonds is 3. The number of sulfone groups is 1. The van der Waals surface area contributed by atoms with Crippen molar-refractivity contribution in [3.05, 3.63) is 34.1 Å². The van der Waals surface area contributed by atoms with Crippen molar-refractivity contribution in [1.82, 2.24) is 25.1 Å². The van der Waals surface area contributed by atoms with Gasteiger partial charge in [-0.25, -0.2) is 8.42 Å². The lowest BCUT2D eigenvalue weighted by Crippen LogP contribution is -2.40. The van der Waals surface area contributed by atoms with E-state index in [4.69, 9.17) is 23.2 Å². The van der Waals surface area contributed by atoms with E-state index in [1.807, 2.05) is 4.90 Å². The summed E-state index contributed by atoms with van der Waals surface area (Å²) >= 11 is 11.9. The molecule has 22 heavy (non-hydrogen) atoms. The number of aromatic nitrogens is 4. The Labute approximate surface area is 137 Å². The van der Waals surface area contributed by atoms with Gasteiger partial charge < -0.3 is 0 Å². The van der Waals surface area contributed by atoms with Crippen LogP contribution in [0, 0.1) is 0 Å². The first-order valence-corrected chi connectivity index (χ1v) is 9.18. The fraction of sp³-hybridized carbons (Fsp3) is 0.417. The summed E-state index contributed by atoms with van der Waals surface area (Å²) in [6.45, 7) is 1.44. The average molecular weight is 362 g/mol. The third kappa shape index (κ3) is 3.40. The molecule has 1 fully saturated rings. The molecule has 0 unspecified atom stereocenters. The number of nitrogens with zero attached hydrogens (tertiary/aromatic N) is 5. The zero-order valence-electron chi connectivity index (χ0n) is 11.5. The molecule has 1 saturated heterocycles. The summed E-state index contributed by atoms with van der Waals surface area (Å²) in [5, 5.41) is 12.5. The molecular formula is C12H13Cl2N5O2S. The Morgan fingerprint density at radius 1 is 1.14 bits per heavy atom. The lowest BCUT2D eigenvalue weighted by atomic mass is 10.3. The van der Waals surface area contributed by atoms with E-state index in [9.17, 15) is 8.42 Å². The van der Waals surface area contributed by atoms with Crippen LogP contribution in [0.2, 0.25) is 10.0 Å². The number of hydrogen-bond donors (Lipinski definition) is 0. The standard InChI is InChI=1S/C12H13Cl2N5O2S/c13-10-2-1-9(7-11(10)14)19-12(15-16-17-19)8-18-3-5-22(20,21)6-4-18/h1-2,7H,3-6,8H2. The summed E-state index contributed by atoms with van der Waals surface area (Å²) in [6, 6.07) is 5.14. The number of benzene rings is 1. The van der Waals surface area contributed by atoms with Crippen molar-refractivity contribution < 1.29 is 8.42 Å². The Kier molecular flexibility index (Phi) is 4.35. The van der Waals surface area contributed by atoms with Gasteiger partial charge in [0, 0.05) is 13.1 Å². The molecule has 0 N–H and O–H groups in total. The Hall–Kier alpha value is -1.22. The third-order valence-electron chi connectivity index (χ3n) is 3.48. The lowest BCUT2D eigenvalue weighted by Gasteiger charge is -2.25. The van der Waals surface area contributed by atoms with Crippen LogP contribution in [0.15, 0.2) is 18.2 Å². The Balaban J connectivity index is 1.79. The van der Waals surface area contributed by atoms with Gasteiger partial charge in [-0.1, -0.05) is 23.2 Å². The van der Waals surface area contributed by atoms with Crippen molar-refractivity contribution in [1.29, 1.82) is 0 Å². The van der Waals surface area contributed by atoms with E-state index < -0.39 is 9.84 Å². The lowest BCUT2D eigenvalue weighted by molar-refractivity contribution is 0.278. The summed E-state index contributed by atoms with van der Waals surface area (Å²) in [5.41, 5.74) is 0.707. The van der Waals surface area contributed by atoms with E-state index in [1.165, 1.54) is 0 Å². The molecule has 0 spiro atoms. The zero-order chi connectivity index (χ0) is 15.7. The molecule has 0 saturated carbocycles. The van der Waals surface area contributed by atoms with Crippen LogP contribution in [-0.2, 0) is 16.4 Å². The van der Waals surface area contributed by atoms with Gasteiger partial charge in [-0.05, 0) is 28.6 Å². The highest BCUT2D eigenvalue weighted by Crippen LogP contribution is 2.24. The first-order valence-electron chi connectivity index (χ1n) is 6.60. The maximum absolute atomic E-state index is 11.5. The van der Waals surface area contributed by atoms with Crippen LogP contribution in [0.1, 0.15) is 5.82 Å². The third-order valence-corrected chi connectivity index (χ3v) is 5.83. The van der Waals surface area contributed by atoms with E-state index in [0.717, 1.165) is 0 Å². The minimum Gasteiger partial charge on any atom is -0.294 e. The summed E-state index contributed by atoms with van der Waals surface area (Å²) < 4.78 is 24.5. The highest BCUT2D eigenvalue weighted by atomic mass is 35.5. The van der Waals surface area contributed by atoms with Crippen molar-refractivity contribution in [2.24, 2.45) is 0 Å². The van der Waals surface area contributed by atoms with Crippen LogP contribution in [-0.4, -0.2) is 58.1 Å². The second kappa shape index (κ2) is 6.11. The molecule has 0 amide bonds. The summed E-state index contributed by atoms with van der Waals surface area (Å²) in [7, 11) is -2.90. The van der Waals surface area contributed by atoms with Crippen LogP contribution < -0.4 is 0 Å². The molecular weight excluding hydrogens is 349 g/mol. The molecule has 10 heteroatoms. The molecule has 2 aromatic rings. The molecule has 2 heterocycles. The van der Waals surface area contributed by atoms with Crippen LogP contribution in [0.5, 0.6) is 0 Å². The SMILES string of the molecule is O=S1(=O)CCN(Cc2nnnn2-c2ccc(Cl)c(Cl)c2)CC1. The van der Waals surface area contributed by atoms with Crippen molar-refractivity contribution in [2.45, 2.75) is 6.54 Å². The first-order chi connectivity index (χ1) is 10.4. The fourth-order valence-corrected chi connectivity index (χ4v) is 3.80. The molecule has 1 aromatic heterocycles. The molecule has 118 valence electrons. The van der Waals surface area contributed by atoms with Crippen LogP contribution in [0.25, 0.3) is 5.69 Å². The van der Waals surface area contributed by atoms with Crippen LogP contribution in [0.4, 0.5) is 0 Å². The van der Waals surface area contributed by atoms with Gasteiger partial charge >= 0.3 is 0 Å². The predicted octanol–water partition coefficient (Wildman–Crippen LogP) is 1.20. The summed E-state index contributed by atoms with van der Waals surface area (Å²) in [4.78, 5) is 2.01. The summed E-state index contributed by atoms with van der Waals surface area (Å²) in [6.07, 6.45) is 0. The molecule has 1 aliphatic rings. The monoisotopic (exact) mass is 361 g/mol. The number of tetrazole rings is 1. The van der Waals surface area contributed by atoms with Gasteiger partial charge in [0.15, 0.2) is 15.7 Å². The van der Waals surface area contributed by atoms with Gasteiger partial charge in [-0.15, -0.1) is 5.10 Å². The molecule has 1 aromatic carbocycles. The minimum atomic E-state index is -2.90. The molecule has 0 atom stereocenters. The molecule has 7 nitrogen and oxygen atoms in total. The smallest absolute Gasteiger partial charge is 0.170 e. The largest absolute Gasteiger partial charge is 0.294 e. The van der Waals surface area contributed by atoms with Gasteiger partial charge in [0.05, 0.1) is 33.8 Å². The van der Waals surface area contributed by atoms with E-state index in [1.54, 1.807) is 22.9 Å². The van der Waals surface area contributed by atoms with Crippen LogP contribution >= 0.6 is 23.2 Å². The topological polar surface area (TPSA) is 81.0 Å². The van der Waals surface area contributed by atoms with Gasteiger partial charge in [0.25, 0.3) is 0 Å². The Morgan fingerprint density at radius 3 is 2.55 bits per heavy atom. The average Bonchev–Trinajstić information content (AvgIpc) is 2.92. The quantitative estimate of drug-likeness (QED) is 0.816. The highest BCUT2D eigenvalue weighted by Gasteiger charge is 2.23. The summed E-state index contributed by atoms with van der Waals surface area (Å²) in [5.74, 6) is 0.959. The Morgan fingerprint density at radius 2 is 1.86 bits per heavy atom. The number of hydrogen-bond acceptors (Lipinski definition) is 6. The molecule has 1 aliphatic heterocycles. The second-order valence-corrected chi connectivity index (χ2v) is 8.15. The van der Waals surface area contributed by atoms with Gasteiger partial charge in [-0.2, -0.15) is 4.68 Å². The first kappa shape index (κ1) is 15.7. The highest BCUT2D eigenvalue weighted by molar-refractivity contribution is 7.91.